The molecule has 1 aromatic rings. The molecule has 0 spiro atoms. The number of carbonyl (C=O) groups excluding carboxylic acids is 2. The maximum atomic E-state index is 11.7. The average Bonchev–Trinajstić information content (AvgIpc) is 2.58. The van der Waals surface area contributed by atoms with Crippen LogP contribution in [0.3, 0.4) is 0 Å². The third-order valence-corrected chi connectivity index (χ3v) is 4.23. The Bertz CT molecular complexity index is 771. The lowest BCUT2D eigenvalue weighted by atomic mass is 10.2. The highest BCUT2D eigenvalue weighted by Gasteiger charge is 2.17. The van der Waals surface area contributed by atoms with Gasteiger partial charge in [-0.15, -0.1) is 0 Å². The normalized spacial score (nSPS) is 12.9. The van der Waals surface area contributed by atoms with Crippen LogP contribution in [0.5, 0.6) is 11.5 Å². The van der Waals surface area contributed by atoms with E-state index in [0.717, 1.165) is 3.57 Å². The van der Waals surface area contributed by atoms with Crippen molar-refractivity contribution in [2.75, 3.05) is 19.7 Å². The Morgan fingerprint density at radius 1 is 1.06 bits per heavy atom. The Hall–Kier alpha value is -2.11. The van der Waals surface area contributed by atoms with Crippen LogP contribution in [0.4, 0.5) is 9.59 Å². The van der Waals surface area contributed by atoms with Gasteiger partial charge in [-0.25, -0.2) is 9.59 Å². The van der Waals surface area contributed by atoms with Crippen LogP contribution < -0.4 is 14.8 Å². The number of carbonyl (C=O) groups is 2. The minimum absolute atomic E-state index is 0.195. The van der Waals surface area contributed by atoms with Gasteiger partial charge in [0.05, 0.1) is 16.7 Å². The lowest BCUT2D eigenvalue weighted by Gasteiger charge is -2.20. The lowest BCUT2D eigenvalue weighted by molar-refractivity contribution is 0.0518. The first-order valence-electron chi connectivity index (χ1n) is 9.92. The highest BCUT2D eigenvalue weighted by molar-refractivity contribution is 14.1. The number of nitrogens with one attached hydrogen (secondary N) is 1. The Kier molecular flexibility index (Phi) is 10.5. The third kappa shape index (κ3) is 12.4. The zero-order chi connectivity index (χ0) is 23.7. The van der Waals surface area contributed by atoms with Crippen LogP contribution in [0.2, 0.25) is 0 Å². The topological polar surface area (TPSA) is 108 Å². The monoisotopic (exact) mass is 549 g/mol. The van der Waals surface area contributed by atoms with Gasteiger partial charge in [-0.2, -0.15) is 5.11 Å². The van der Waals surface area contributed by atoms with Gasteiger partial charge in [0.1, 0.15) is 35.4 Å². The van der Waals surface area contributed by atoms with Gasteiger partial charge < -0.3 is 24.3 Å². The summed E-state index contributed by atoms with van der Waals surface area (Å²) >= 11 is 2.13. The second-order valence-electron chi connectivity index (χ2n) is 8.68. The Morgan fingerprint density at radius 2 is 1.68 bits per heavy atom. The number of ether oxygens (including phenoxy) is 4. The molecular weight excluding hydrogens is 517 g/mol. The number of amides is 2. The summed E-state index contributed by atoms with van der Waals surface area (Å²) in [7, 11) is 0. The van der Waals surface area contributed by atoms with Crippen molar-refractivity contribution in [2.24, 2.45) is 10.2 Å². The molecule has 2 amide bonds. The molecule has 1 aromatic carbocycles. The predicted octanol–water partition coefficient (Wildman–Crippen LogP) is 5.35. The van der Waals surface area contributed by atoms with Gasteiger partial charge in [0, 0.05) is 0 Å². The fourth-order valence-electron chi connectivity index (χ4n) is 2.07. The number of rotatable bonds is 8. The fraction of sp³-hybridized carbons (Fsp3) is 0.619. The molecule has 0 saturated carbocycles. The third-order valence-electron chi connectivity index (χ3n) is 3.17. The summed E-state index contributed by atoms with van der Waals surface area (Å²) in [6, 6.07) is 5.44. The van der Waals surface area contributed by atoms with Crippen LogP contribution in [0.1, 0.15) is 48.5 Å². The number of azo groups is 1. The highest BCUT2D eigenvalue weighted by atomic mass is 127. The summed E-state index contributed by atoms with van der Waals surface area (Å²) < 4.78 is 22.6. The van der Waals surface area contributed by atoms with E-state index in [1.54, 1.807) is 41.5 Å². The average molecular weight is 549 g/mol. The van der Waals surface area contributed by atoms with E-state index in [4.69, 9.17) is 18.9 Å². The number of hydrogen-bond acceptors (Lipinski definition) is 7. The number of halogens is 1. The molecule has 0 radical (unpaired) electrons. The maximum Gasteiger partial charge on any atom is 0.452 e. The zero-order valence-electron chi connectivity index (χ0n) is 19.2. The highest BCUT2D eigenvalue weighted by Crippen LogP contribution is 2.30. The first kappa shape index (κ1) is 26.9. The molecule has 0 aromatic heterocycles. The standard InChI is InChI=1S/C21H32IN3O6/c1-14(13-24-25-19(27)31-21(5,6)7)29-16-10-8-9-15(17(16)22)28-12-11-23-18(26)30-20(2,3)4/h8-10,14H,11-13H2,1-7H3,(H,23,26)/t14-/m0/s1. The van der Waals surface area contributed by atoms with Gasteiger partial charge in [0.2, 0.25) is 0 Å². The van der Waals surface area contributed by atoms with Gasteiger partial charge in [0.15, 0.2) is 0 Å². The van der Waals surface area contributed by atoms with Crippen LogP contribution in [0, 0.1) is 3.57 Å². The number of hydrogen-bond donors (Lipinski definition) is 1. The molecule has 0 saturated heterocycles. The molecule has 0 bridgehead atoms. The summed E-state index contributed by atoms with van der Waals surface area (Å²) in [4.78, 5) is 23.2. The second kappa shape index (κ2) is 12.1. The maximum absolute atomic E-state index is 11.7. The van der Waals surface area contributed by atoms with E-state index in [-0.39, 0.29) is 19.3 Å². The molecule has 1 atom stereocenters. The van der Waals surface area contributed by atoms with Crippen molar-refractivity contribution in [1.29, 1.82) is 0 Å². The molecule has 9 nitrogen and oxygen atoms in total. The van der Waals surface area contributed by atoms with Crippen LogP contribution in [-0.4, -0.2) is 49.2 Å². The molecular formula is C21H32IN3O6. The smallest absolute Gasteiger partial charge is 0.452 e. The SMILES string of the molecule is C[C@@H](CN=NC(=O)OC(C)(C)C)Oc1cccc(OCCNC(=O)OC(C)(C)C)c1I. The van der Waals surface area contributed by atoms with Crippen molar-refractivity contribution in [3.8, 4) is 11.5 Å². The minimum atomic E-state index is -0.732. The summed E-state index contributed by atoms with van der Waals surface area (Å²) in [6.45, 7) is 13.3. The Balaban J connectivity index is 2.50. The zero-order valence-corrected chi connectivity index (χ0v) is 21.3. The molecule has 1 N–H and O–H groups in total. The predicted molar refractivity (Wildman–Crippen MR) is 125 cm³/mol. The molecule has 1 rings (SSSR count). The van der Waals surface area contributed by atoms with Crippen molar-refractivity contribution < 1.29 is 28.5 Å². The molecule has 0 aliphatic heterocycles. The fourth-order valence-corrected chi connectivity index (χ4v) is 2.71. The van der Waals surface area contributed by atoms with E-state index in [0.29, 0.717) is 18.0 Å². The van der Waals surface area contributed by atoms with Crippen molar-refractivity contribution in [2.45, 2.75) is 65.8 Å². The molecule has 174 valence electrons. The lowest BCUT2D eigenvalue weighted by Crippen LogP contribution is -2.34. The molecule has 0 heterocycles. The summed E-state index contributed by atoms with van der Waals surface area (Å²) in [5.41, 5.74) is -1.16. The summed E-state index contributed by atoms with van der Waals surface area (Å²) in [6.07, 6.45) is -1.54. The van der Waals surface area contributed by atoms with E-state index in [2.05, 4.69) is 38.1 Å². The van der Waals surface area contributed by atoms with Gasteiger partial charge in [0.25, 0.3) is 0 Å². The van der Waals surface area contributed by atoms with Crippen LogP contribution in [0.15, 0.2) is 28.4 Å². The second-order valence-corrected chi connectivity index (χ2v) is 9.76. The van der Waals surface area contributed by atoms with Crippen LogP contribution >= 0.6 is 22.6 Å². The van der Waals surface area contributed by atoms with E-state index >= 15 is 0 Å². The van der Waals surface area contributed by atoms with Crippen molar-refractivity contribution >= 4 is 34.8 Å². The quantitative estimate of drug-likeness (QED) is 0.266. The van der Waals surface area contributed by atoms with E-state index < -0.39 is 23.4 Å². The van der Waals surface area contributed by atoms with E-state index in [9.17, 15) is 9.59 Å². The molecule has 0 aliphatic carbocycles. The van der Waals surface area contributed by atoms with Gasteiger partial charge in [-0.05, 0) is 83.2 Å². The molecule has 0 aliphatic rings. The summed E-state index contributed by atoms with van der Waals surface area (Å²) in [5.74, 6) is 1.25. The minimum Gasteiger partial charge on any atom is -0.490 e. The largest absolute Gasteiger partial charge is 0.490 e. The van der Waals surface area contributed by atoms with Gasteiger partial charge >= 0.3 is 12.2 Å². The first-order valence-corrected chi connectivity index (χ1v) is 11.0. The molecule has 0 fully saturated rings. The Labute approximate surface area is 197 Å². The number of benzene rings is 1. The number of alkyl carbamates (subject to hydrolysis) is 1. The Morgan fingerprint density at radius 3 is 2.29 bits per heavy atom. The molecule has 31 heavy (non-hydrogen) atoms. The number of nitrogens with zero attached hydrogens (tertiary/aromatic N) is 2. The van der Waals surface area contributed by atoms with Crippen LogP contribution in [0.25, 0.3) is 0 Å². The van der Waals surface area contributed by atoms with E-state index in [1.165, 1.54) is 0 Å². The first-order chi connectivity index (χ1) is 14.3. The van der Waals surface area contributed by atoms with Gasteiger partial charge in [-0.3, -0.25) is 0 Å². The van der Waals surface area contributed by atoms with Crippen molar-refractivity contribution in [1.82, 2.24) is 5.32 Å². The molecule has 10 heteroatoms. The van der Waals surface area contributed by atoms with Crippen LogP contribution in [-0.2, 0) is 9.47 Å². The molecule has 0 unspecified atom stereocenters. The van der Waals surface area contributed by atoms with E-state index in [1.807, 2.05) is 25.1 Å². The van der Waals surface area contributed by atoms with Crippen molar-refractivity contribution in [3.63, 3.8) is 0 Å². The summed E-state index contributed by atoms with van der Waals surface area (Å²) in [5, 5.41) is 10.0. The van der Waals surface area contributed by atoms with Gasteiger partial charge in [-0.1, -0.05) is 11.2 Å². The van der Waals surface area contributed by atoms with Crippen molar-refractivity contribution in [3.05, 3.63) is 21.8 Å².